The minimum Gasteiger partial charge on any atom is -0.382 e. The van der Waals surface area contributed by atoms with Crippen LogP contribution in [0.4, 0.5) is 0 Å². The maximum absolute atomic E-state index is 18.0. The molecule has 0 bridgehead atoms. The van der Waals surface area contributed by atoms with Gasteiger partial charge in [-0.15, -0.1) is 0 Å². The molecule has 18 heteroatoms. The van der Waals surface area contributed by atoms with Gasteiger partial charge in [-0.05, 0) is 50.1 Å². The minimum absolute atomic E-state index is 0.00346. The summed E-state index contributed by atoms with van der Waals surface area (Å²) in [6, 6.07) is 72.0. The molecular weight excluding hydrogens is 1160 g/mol. The smallest absolute Gasteiger partial charge is 0.369 e. The van der Waals surface area contributed by atoms with E-state index in [-0.39, 0.29) is 27.8 Å². The molecule has 1 aliphatic carbocycles. The van der Waals surface area contributed by atoms with Crippen molar-refractivity contribution in [2.45, 2.75) is 91.7 Å². The molecule has 6 atom stereocenters. The highest BCUT2D eigenvalue weighted by atomic mass is 31.2. The van der Waals surface area contributed by atoms with Crippen molar-refractivity contribution < 1.29 is 71.5 Å². The molecule has 9 aromatic carbocycles. The van der Waals surface area contributed by atoms with E-state index in [1.807, 2.05) is 0 Å². The molecule has 0 spiro atoms. The lowest BCUT2D eigenvalue weighted by molar-refractivity contribution is -0.388. The maximum atomic E-state index is 18.0. The summed E-state index contributed by atoms with van der Waals surface area (Å²) in [6.07, 6.45) is -3.70. The van der Waals surface area contributed by atoms with Crippen LogP contribution >= 0.6 is 22.8 Å². The van der Waals surface area contributed by atoms with Gasteiger partial charge < -0.3 is 57.8 Å². The van der Waals surface area contributed by atoms with Crippen LogP contribution in [0.5, 0.6) is 0 Å². The van der Waals surface area contributed by atoms with Crippen molar-refractivity contribution in [1.29, 1.82) is 0 Å². The van der Waals surface area contributed by atoms with Crippen LogP contribution in [0.25, 0.3) is 0 Å². The summed E-state index contributed by atoms with van der Waals surface area (Å²) in [5, 5.41) is 79.2. The van der Waals surface area contributed by atoms with Crippen LogP contribution in [-0.2, 0) is 99.7 Å². The molecule has 1 saturated carbocycles. The summed E-state index contributed by atoms with van der Waals surface area (Å²) in [4.78, 5) is 0. The second kappa shape index (κ2) is 26.9. The highest BCUT2D eigenvalue weighted by Crippen LogP contribution is 2.87. The van der Waals surface area contributed by atoms with Crippen LogP contribution in [0.2, 0.25) is 0 Å². The van der Waals surface area contributed by atoms with E-state index in [9.17, 15) is 0 Å². The van der Waals surface area contributed by atoms with Gasteiger partial charge in [0.05, 0.1) is 39.6 Å². The predicted molar refractivity (Wildman–Crippen MR) is 330 cm³/mol. The standard InChI is InChI=1S/C69H69O15P3/c70-64(46-55-28-10-1-11-29-55)65(71,47-56-30-12-2-13-31-56)68(74,86(77,81-51-60-38-20-6-21-39-60)82-52-61-40-22-7-23-41-61)69(75,87(78,83-53-62-42-24-8-25-43-62)84-54-63-44-26-9-27-45-63)66(72,48-57-32-14-3-15-33-57)67(64,73)85(76,79-49-58-34-16-4-17-35-58)80-50-59-36-18-5-19-37-59/h1-45,70-75H,46-54H2/t64-,65+,66+,67+,68+,69+/m0/s1. The van der Waals surface area contributed by atoms with Gasteiger partial charge in [0.15, 0.2) is 5.60 Å². The summed E-state index contributed by atoms with van der Waals surface area (Å²) in [6.45, 7) is -4.53. The van der Waals surface area contributed by atoms with Gasteiger partial charge >= 0.3 is 22.8 Å². The second-order valence-electron chi connectivity index (χ2n) is 21.6. The molecule has 0 amide bonds. The molecule has 0 heterocycles. The first-order valence-corrected chi connectivity index (χ1v) is 33.0. The highest BCUT2D eigenvalue weighted by Gasteiger charge is 3.00. The number of hydrogen-bond acceptors (Lipinski definition) is 15. The summed E-state index contributed by atoms with van der Waals surface area (Å²) in [5.74, 6) is 0. The fourth-order valence-corrected chi connectivity index (χ4v) is 19.6. The van der Waals surface area contributed by atoms with E-state index in [0.29, 0.717) is 22.3 Å². The molecule has 6 N–H and O–H groups in total. The first-order valence-electron chi connectivity index (χ1n) is 28.3. The van der Waals surface area contributed by atoms with Crippen LogP contribution in [0.3, 0.4) is 0 Å². The van der Waals surface area contributed by atoms with Crippen molar-refractivity contribution in [2.24, 2.45) is 0 Å². The average molecular weight is 1230 g/mol. The summed E-state index contributed by atoms with van der Waals surface area (Å²) in [5.41, 5.74) is -10.6. The van der Waals surface area contributed by atoms with E-state index in [1.54, 1.807) is 224 Å². The number of rotatable bonds is 27. The molecule has 450 valence electrons. The summed E-state index contributed by atoms with van der Waals surface area (Å²) in [7, 11) is -19.1. The third kappa shape index (κ3) is 12.1. The largest absolute Gasteiger partial charge is 0.382 e. The van der Waals surface area contributed by atoms with Crippen molar-refractivity contribution in [2.75, 3.05) is 0 Å². The van der Waals surface area contributed by atoms with E-state index in [0.717, 1.165) is 0 Å². The first-order chi connectivity index (χ1) is 42.0. The van der Waals surface area contributed by atoms with Crippen molar-refractivity contribution in [3.05, 3.63) is 323 Å². The molecule has 0 unspecified atom stereocenters. The summed E-state index contributed by atoms with van der Waals surface area (Å²) >= 11 is 0. The Labute approximate surface area is 506 Å². The van der Waals surface area contributed by atoms with Crippen LogP contribution < -0.4 is 0 Å². The molecule has 10 rings (SSSR count). The normalized spacial score (nSPS) is 23.2. The Bertz CT molecular complexity index is 3640. The van der Waals surface area contributed by atoms with Crippen LogP contribution in [0.1, 0.15) is 50.1 Å². The van der Waals surface area contributed by atoms with Gasteiger partial charge in [0, 0.05) is 19.3 Å². The summed E-state index contributed by atoms with van der Waals surface area (Å²) < 4.78 is 93.2. The highest BCUT2D eigenvalue weighted by molar-refractivity contribution is 7.61. The van der Waals surface area contributed by atoms with Crippen molar-refractivity contribution in [3.8, 4) is 0 Å². The molecule has 87 heavy (non-hydrogen) atoms. The van der Waals surface area contributed by atoms with Gasteiger partial charge in [0.1, 0.15) is 11.2 Å². The molecule has 0 saturated heterocycles. The fourth-order valence-electron chi connectivity index (χ4n) is 11.6. The average Bonchev–Trinajstić information content (AvgIpc) is 0.626. The van der Waals surface area contributed by atoms with Gasteiger partial charge in [-0.3, -0.25) is 13.7 Å². The molecule has 0 aromatic heterocycles. The minimum atomic E-state index is -6.47. The zero-order valence-corrected chi connectivity index (χ0v) is 50.2. The van der Waals surface area contributed by atoms with E-state index in [1.165, 1.54) is 48.5 Å². The Balaban J connectivity index is 1.41. The van der Waals surface area contributed by atoms with Crippen molar-refractivity contribution >= 4 is 22.8 Å². The Kier molecular flexibility index (Phi) is 19.5. The van der Waals surface area contributed by atoms with Crippen molar-refractivity contribution in [3.63, 3.8) is 0 Å². The number of hydrogen-bond donors (Lipinski definition) is 6. The lowest BCUT2D eigenvalue weighted by Gasteiger charge is -2.72. The Morgan fingerprint density at radius 3 is 0.575 bits per heavy atom. The van der Waals surface area contributed by atoms with Gasteiger partial charge in [-0.1, -0.05) is 273 Å². The van der Waals surface area contributed by atoms with Crippen molar-refractivity contribution in [1.82, 2.24) is 0 Å². The maximum Gasteiger partial charge on any atom is 0.369 e. The van der Waals surface area contributed by atoms with E-state index < -0.39 is 115 Å². The zero-order chi connectivity index (χ0) is 61.1. The Hall–Kier alpha value is -6.81. The van der Waals surface area contributed by atoms with Gasteiger partial charge in [0.25, 0.3) is 0 Å². The van der Waals surface area contributed by atoms with E-state index in [2.05, 4.69) is 0 Å². The number of benzene rings is 9. The quantitative estimate of drug-likeness (QED) is 0.0263. The fraction of sp³-hybridized carbons (Fsp3) is 0.217. The zero-order valence-electron chi connectivity index (χ0n) is 47.5. The lowest BCUT2D eigenvalue weighted by atomic mass is 9.55. The third-order valence-electron chi connectivity index (χ3n) is 16.0. The second-order valence-corrected chi connectivity index (χ2v) is 28.1. The van der Waals surface area contributed by atoms with E-state index >= 15 is 44.3 Å². The van der Waals surface area contributed by atoms with Gasteiger partial charge in [-0.25, -0.2) is 0 Å². The SMILES string of the molecule is O=P(OCc1ccccc1)(OCc1ccccc1)[C@@]1(O)[C@](O)(Cc2ccccc2)[C@@](O)(P(=O)(OCc2ccccc2)OCc2ccccc2)[C@](O)(P(=O)(OCc2ccccc2)OCc2ccccc2)[C@@](O)(Cc2ccccc2)[C@@]1(O)Cc1ccccc1. The Morgan fingerprint density at radius 2 is 0.368 bits per heavy atom. The van der Waals surface area contributed by atoms with E-state index in [4.69, 9.17) is 27.1 Å². The topological polar surface area (TPSA) is 228 Å². The molecule has 0 aliphatic heterocycles. The lowest BCUT2D eigenvalue weighted by Crippen LogP contribution is -2.95. The third-order valence-corrected chi connectivity index (χ3v) is 23.5. The van der Waals surface area contributed by atoms with Gasteiger partial charge in [0.2, 0.25) is 16.0 Å². The van der Waals surface area contributed by atoms with Crippen LogP contribution in [-0.4, -0.2) is 63.5 Å². The van der Waals surface area contributed by atoms with Crippen LogP contribution in [0.15, 0.2) is 273 Å². The Morgan fingerprint density at radius 1 is 0.218 bits per heavy atom. The number of aliphatic hydroxyl groups is 6. The monoisotopic (exact) mass is 1230 g/mol. The molecule has 0 radical (unpaired) electrons. The molecule has 1 aliphatic rings. The molecular formula is C69H69O15P3. The molecule has 1 fully saturated rings. The van der Waals surface area contributed by atoms with Crippen LogP contribution in [0, 0.1) is 0 Å². The first kappa shape index (κ1) is 63.2. The molecule has 9 aromatic rings. The molecule has 15 nitrogen and oxygen atoms in total. The van der Waals surface area contributed by atoms with Gasteiger partial charge in [-0.2, -0.15) is 0 Å². The predicted octanol–water partition coefficient (Wildman–Crippen LogP) is 12.9.